The maximum Gasteiger partial charge on any atom is 0.241 e. The number of hydrogen-bond donors (Lipinski definition) is 3. The summed E-state index contributed by atoms with van der Waals surface area (Å²) in [5.41, 5.74) is 8.95. The molecule has 4 N–H and O–H groups in total. The Balaban J connectivity index is 1.85. The molecule has 1 aliphatic rings. The van der Waals surface area contributed by atoms with Crippen LogP contribution in [0.2, 0.25) is 0 Å². The quantitative estimate of drug-likeness (QED) is 0.439. The SMILES string of the molecule is CCNCC(=O)N(Cc1ccc(C2CCCCC2)cc1)c1cc(N)c(C=N)cc1F. The third-order valence-electron chi connectivity index (χ3n) is 5.82. The molecule has 3 rings (SSSR count). The molecule has 0 bridgehead atoms. The number of amides is 1. The van der Waals surface area contributed by atoms with E-state index in [9.17, 15) is 9.18 Å². The lowest BCUT2D eigenvalue weighted by molar-refractivity contribution is -0.118. The molecule has 1 saturated carbocycles. The Kier molecular flexibility index (Phi) is 7.57. The summed E-state index contributed by atoms with van der Waals surface area (Å²) >= 11 is 0. The van der Waals surface area contributed by atoms with Gasteiger partial charge in [0, 0.05) is 17.5 Å². The van der Waals surface area contributed by atoms with Gasteiger partial charge in [0.1, 0.15) is 5.82 Å². The fourth-order valence-electron chi connectivity index (χ4n) is 4.07. The van der Waals surface area contributed by atoms with E-state index in [1.54, 1.807) is 0 Å². The minimum atomic E-state index is -0.564. The third kappa shape index (κ3) is 5.25. The van der Waals surface area contributed by atoms with Crippen LogP contribution in [0.1, 0.15) is 61.6 Å². The van der Waals surface area contributed by atoms with Crippen LogP contribution in [0.3, 0.4) is 0 Å². The maximum atomic E-state index is 14.8. The van der Waals surface area contributed by atoms with Gasteiger partial charge in [-0.15, -0.1) is 0 Å². The van der Waals surface area contributed by atoms with E-state index in [0.29, 0.717) is 18.0 Å². The minimum Gasteiger partial charge on any atom is -0.398 e. The summed E-state index contributed by atoms with van der Waals surface area (Å²) in [6.45, 7) is 2.93. The number of carbonyl (C=O) groups is 1. The zero-order chi connectivity index (χ0) is 21.5. The highest BCUT2D eigenvalue weighted by atomic mass is 19.1. The molecule has 6 heteroatoms. The van der Waals surface area contributed by atoms with E-state index >= 15 is 0 Å². The van der Waals surface area contributed by atoms with E-state index in [1.807, 2.05) is 19.1 Å². The summed E-state index contributed by atoms with van der Waals surface area (Å²) in [6, 6.07) is 11.0. The summed E-state index contributed by atoms with van der Waals surface area (Å²) in [7, 11) is 0. The molecule has 0 atom stereocenters. The lowest BCUT2D eigenvalue weighted by Crippen LogP contribution is -2.38. The van der Waals surface area contributed by atoms with E-state index in [4.69, 9.17) is 11.1 Å². The Labute approximate surface area is 178 Å². The molecule has 5 nitrogen and oxygen atoms in total. The van der Waals surface area contributed by atoms with E-state index < -0.39 is 5.82 Å². The molecule has 1 aliphatic carbocycles. The average Bonchev–Trinajstić information content (AvgIpc) is 2.78. The number of likely N-dealkylation sites (N-methyl/N-ethyl adjacent to an activating group) is 1. The van der Waals surface area contributed by atoms with E-state index in [0.717, 1.165) is 11.8 Å². The molecule has 0 unspecified atom stereocenters. The molecule has 2 aromatic carbocycles. The Morgan fingerprint density at radius 1 is 1.23 bits per heavy atom. The number of benzene rings is 2. The van der Waals surface area contributed by atoms with Gasteiger partial charge in [-0.25, -0.2) is 4.39 Å². The Morgan fingerprint density at radius 3 is 2.57 bits per heavy atom. The number of hydrogen-bond acceptors (Lipinski definition) is 4. The van der Waals surface area contributed by atoms with E-state index in [-0.39, 0.29) is 30.4 Å². The second-order valence-electron chi connectivity index (χ2n) is 7.91. The van der Waals surface area contributed by atoms with Gasteiger partial charge in [-0.1, -0.05) is 50.5 Å². The van der Waals surface area contributed by atoms with Crippen LogP contribution >= 0.6 is 0 Å². The van der Waals surface area contributed by atoms with Crippen LogP contribution in [0, 0.1) is 11.2 Å². The van der Waals surface area contributed by atoms with Crippen molar-refractivity contribution in [2.45, 2.75) is 51.5 Å². The summed E-state index contributed by atoms with van der Waals surface area (Å²) in [4.78, 5) is 14.3. The highest BCUT2D eigenvalue weighted by Gasteiger charge is 2.21. The van der Waals surface area contributed by atoms with Crippen molar-refractivity contribution in [2.75, 3.05) is 23.7 Å². The predicted octanol–water partition coefficient (Wildman–Crippen LogP) is 4.60. The Bertz CT molecular complexity index is 876. The zero-order valence-electron chi connectivity index (χ0n) is 17.6. The Hall–Kier alpha value is -2.73. The Morgan fingerprint density at radius 2 is 1.93 bits per heavy atom. The summed E-state index contributed by atoms with van der Waals surface area (Å²) in [5, 5.41) is 10.4. The molecular formula is C24H31FN4O. The molecule has 0 aromatic heterocycles. The first-order valence-corrected chi connectivity index (χ1v) is 10.7. The van der Waals surface area contributed by atoms with Crippen molar-refractivity contribution < 1.29 is 9.18 Å². The highest BCUT2D eigenvalue weighted by Crippen LogP contribution is 2.33. The number of carbonyl (C=O) groups excluding carboxylic acids is 1. The lowest BCUT2D eigenvalue weighted by Gasteiger charge is -2.25. The van der Waals surface area contributed by atoms with Crippen LogP contribution in [0.5, 0.6) is 0 Å². The normalized spacial score (nSPS) is 14.5. The summed E-state index contributed by atoms with van der Waals surface area (Å²) < 4.78 is 14.8. The van der Waals surface area contributed by atoms with Crippen LogP contribution in [0.4, 0.5) is 15.8 Å². The first-order chi connectivity index (χ1) is 14.5. The summed E-state index contributed by atoms with van der Waals surface area (Å²) in [5.74, 6) is -0.175. The van der Waals surface area contributed by atoms with Crippen molar-refractivity contribution in [3.05, 3.63) is 58.9 Å². The molecular weight excluding hydrogens is 379 g/mol. The van der Waals surface area contributed by atoms with Crippen molar-refractivity contribution in [3.63, 3.8) is 0 Å². The van der Waals surface area contributed by atoms with Gasteiger partial charge in [0.15, 0.2) is 0 Å². The molecule has 0 radical (unpaired) electrons. The number of rotatable bonds is 8. The molecule has 30 heavy (non-hydrogen) atoms. The van der Waals surface area contributed by atoms with Gasteiger partial charge in [0.25, 0.3) is 0 Å². The molecule has 0 spiro atoms. The molecule has 1 fully saturated rings. The monoisotopic (exact) mass is 410 g/mol. The minimum absolute atomic E-state index is 0.113. The van der Waals surface area contributed by atoms with E-state index in [1.165, 1.54) is 54.7 Å². The largest absolute Gasteiger partial charge is 0.398 e. The van der Waals surface area contributed by atoms with Gasteiger partial charge in [0.2, 0.25) is 5.91 Å². The first kappa shape index (κ1) is 22.0. The predicted molar refractivity (Wildman–Crippen MR) is 121 cm³/mol. The number of nitrogens with one attached hydrogen (secondary N) is 2. The van der Waals surface area contributed by atoms with Crippen LogP contribution in [-0.2, 0) is 11.3 Å². The van der Waals surface area contributed by atoms with Gasteiger partial charge in [-0.3, -0.25) is 4.79 Å². The topological polar surface area (TPSA) is 82.2 Å². The molecule has 1 amide bonds. The van der Waals surface area contributed by atoms with Crippen LogP contribution < -0.4 is 16.0 Å². The van der Waals surface area contributed by atoms with Crippen molar-refractivity contribution in [1.82, 2.24) is 5.32 Å². The standard InChI is InChI=1S/C24H31FN4O/c1-2-28-15-24(30)29(23-13-22(27)20(14-26)12-21(23)25)16-17-8-10-19(11-9-17)18-6-4-3-5-7-18/h8-14,18,26,28H,2-7,15-16,27H2,1H3. The lowest BCUT2D eigenvalue weighted by atomic mass is 9.84. The smallest absolute Gasteiger partial charge is 0.241 e. The molecule has 2 aromatic rings. The van der Waals surface area contributed by atoms with Crippen LogP contribution in [-0.4, -0.2) is 25.2 Å². The second kappa shape index (κ2) is 10.3. The molecule has 0 heterocycles. The van der Waals surface area contributed by atoms with Gasteiger partial charge < -0.3 is 21.4 Å². The fraction of sp³-hybridized carbons (Fsp3) is 0.417. The number of nitrogens with zero attached hydrogens (tertiary/aromatic N) is 1. The van der Waals surface area contributed by atoms with Crippen molar-refractivity contribution in [2.24, 2.45) is 0 Å². The third-order valence-corrected chi connectivity index (χ3v) is 5.82. The number of anilines is 2. The fourth-order valence-corrected chi connectivity index (χ4v) is 4.07. The van der Waals surface area contributed by atoms with Crippen LogP contribution in [0.15, 0.2) is 36.4 Å². The first-order valence-electron chi connectivity index (χ1n) is 10.7. The molecule has 0 aliphatic heterocycles. The van der Waals surface area contributed by atoms with Crippen LogP contribution in [0.25, 0.3) is 0 Å². The number of halogens is 1. The van der Waals surface area contributed by atoms with Gasteiger partial charge in [-0.2, -0.15) is 0 Å². The second-order valence-corrected chi connectivity index (χ2v) is 7.91. The van der Waals surface area contributed by atoms with Crippen molar-refractivity contribution in [3.8, 4) is 0 Å². The zero-order valence-corrected chi connectivity index (χ0v) is 17.6. The van der Waals surface area contributed by atoms with Gasteiger partial charge in [0.05, 0.1) is 18.8 Å². The van der Waals surface area contributed by atoms with Gasteiger partial charge in [-0.05, 0) is 48.6 Å². The van der Waals surface area contributed by atoms with E-state index in [2.05, 4.69) is 17.4 Å². The van der Waals surface area contributed by atoms with Crippen molar-refractivity contribution >= 4 is 23.5 Å². The molecule has 160 valence electrons. The van der Waals surface area contributed by atoms with Gasteiger partial charge >= 0.3 is 0 Å². The highest BCUT2D eigenvalue weighted by molar-refractivity contribution is 5.96. The van der Waals surface area contributed by atoms with Crippen molar-refractivity contribution in [1.29, 1.82) is 5.41 Å². The summed E-state index contributed by atoms with van der Waals surface area (Å²) in [6.07, 6.45) is 7.37. The molecule has 0 saturated heterocycles. The maximum absolute atomic E-state index is 14.8. The number of nitrogens with two attached hydrogens (primary N) is 1. The average molecular weight is 411 g/mol. The number of nitrogen functional groups attached to an aromatic ring is 1.